The summed E-state index contributed by atoms with van der Waals surface area (Å²) in [4.78, 5) is 4.94. The van der Waals surface area contributed by atoms with Crippen LogP contribution in [0.15, 0.2) is 22.7 Å². The number of nitrogens with zero attached hydrogens (tertiary/aromatic N) is 2. The van der Waals surface area contributed by atoms with Crippen LogP contribution in [0.4, 0.5) is 5.69 Å². The highest BCUT2D eigenvalue weighted by Crippen LogP contribution is 2.24. The average Bonchev–Trinajstić information content (AvgIpc) is 2.50. The molecule has 0 saturated carbocycles. The minimum atomic E-state index is 0.898. The van der Waals surface area contributed by atoms with Crippen LogP contribution in [0.25, 0.3) is 0 Å². The maximum Gasteiger partial charge on any atom is 0.0377 e. The first-order chi connectivity index (χ1) is 10.2. The van der Waals surface area contributed by atoms with Crippen LogP contribution in [-0.4, -0.2) is 44.7 Å². The van der Waals surface area contributed by atoms with Crippen LogP contribution in [0.5, 0.6) is 0 Å². The van der Waals surface area contributed by atoms with Crippen molar-refractivity contribution in [3.05, 3.63) is 28.2 Å². The third kappa shape index (κ3) is 5.97. The van der Waals surface area contributed by atoms with E-state index < -0.39 is 0 Å². The lowest BCUT2D eigenvalue weighted by atomic mass is 10.2. The Bertz CT molecular complexity index is 405. The second-order valence-corrected chi connectivity index (χ2v) is 6.12. The minimum absolute atomic E-state index is 0.898. The number of nitrogens with one attached hydrogen (secondary N) is 1. The molecule has 0 saturated heterocycles. The molecule has 0 aromatic heterocycles. The Morgan fingerprint density at radius 1 is 1.05 bits per heavy atom. The average molecular weight is 356 g/mol. The van der Waals surface area contributed by atoms with Crippen molar-refractivity contribution in [1.82, 2.24) is 10.2 Å². The zero-order valence-corrected chi connectivity index (χ0v) is 15.5. The first-order valence-electron chi connectivity index (χ1n) is 8.06. The van der Waals surface area contributed by atoms with Gasteiger partial charge in [0.05, 0.1) is 0 Å². The van der Waals surface area contributed by atoms with Crippen molar-refractivity contribution in [2.75, 3.05) is 44.7 Å². The van der Waals surface area contributed by atoms with Crippen molar-refractivity contribution in [1.29, 1.82) is 0 Å². The Morgan fingerprint density at radius 3 is 2.29 bits per heavy atom. The van der Waals surface area contributed by atoms with Crippen LogP contribution >= 0.6 is 15.9 Å². The molecule has 0 fully saturated rings. The summed E-state index contributed by atoms with van der Waals surface area (Å²) < 4.78 is 1.19. The number of benzene rings is 1. The van der Waals surface area contributed by atoms with E-state index in [0.717, 1.165) is 32.7 Å². The topological polar surface area (TPSA) is 18.5 Å². The number of hydrogen-bond donors (Lipinski definition) is 1. The molecule has 1 aromatic rings. The van der Waals surface area contributed by atoms with Crippen molar-refractivity contribution in [2.45, 2.75) is 33.7 Å². The normalized spacial score (nSPS) is 11.1. The van der Waals surface area contributed by atoms with E-state index in [0.29, 0.717) is 0 Å². The molecule has 1 rings (SSSR count). The maximum absolute atomic E-state index is 3.68. The third-order valence-corrected chi connectivity index (χ3v) is 4.69. The van der Waals surface area contributed by atoms with E-state index in [9.17, 15) is 0 Å². The van der Waals surface area contributed by atoms with Gasteiger partial charge in [-0.15, -0.1) is 0 Å². The van der Waals surface area contributed by atoms with Crippen molar-refractivity contribution in [3.8, 4) is 0 Å². The Balaban J connectivity index is 2.61. The monoisotopic (exact) mass is 355 g/mol. The summed E-state index contributed by atoms with van der Waals surface area (Å²) >= 11 is 3.68. The molecular formula is C17H30BrN3. The number of anilines is 1. The van der Waals surface area contributed by atoms with Crippen molar-refractivity contribution in [3.63, 3.8) is 0 Å². The lowest BCUT2D eigenvalue weighted by Crippen LogP contribution is -2.30. The predicted octanol–water partition coefficient (Wildman–Crippen LogP) is 3.73. The molecule has 21 heavy (non-hydrogen) atoms. The van der Waals surface area contributed by atoms with E-state index in [2.05, 4.69) is 70.0 Å². The van der Waals surface area contributed by atoms with Crippen LogP contribution in [-0.2, 0) is 6.54 Å². The third-order valence-electron chi connectivity index (χ3n) is 3.95. The SMILES string of the molecule is CCN(CC)CCCN(CC)c1ccc(CNC)c(Br)c1. The van der Waals surface area contributed by atoms with Crippen molar-refractivity contribution >= 4 is 21.6 Å². The number of hydrogen-bond acceptors (Lipinski definition) is 3. The Kier molecular flexibility index (Phi) is 8.97. The smallest absolute Gasteiger partial charge is 0.0377 e. The van der Waals surface area contributed by atoms with E-state index in [4.69, 9.17) is 0 Å². The van der Waals surface area contributed by atoms with Gasteiger partial charge in [-0.1, -0.05) is 35.8 Å². The Hall–Kier alpha value is -0.580. The highest BCUT2D eigenvalue weighted by Gasteiger charge is 2.08. The van der Waals surface area contributed by atoms with Crippen LogP contribution in [0.1, 0.15) is 32.8 Å². The molecule has 0 heterocycles. The lowest BCUT2D eigenvalue weighted by molar-refractivity contribution is 0.301. The van der Waals surface area contributed by atoms with Gasteiger partial charge in [0.2, 0.25) is 0 Å². The standard InChI is InChI=1S/C17H30BrN3/c1-5-20(6-2)11-8-12-21(7-3)16-10-9-15(14-19-4)17(18)13-16/h9-10,13,19H,5-8,11-12,14H2,1-4H3. The van der Waals surface area contributed by atoms with E-state index in [1.807, 2.05) is 7.05 Å². The van der Waals surface area contributed by atoms with E-state index >= 15 is 0 Å². The molecular weight excluding hydrogens is 326 g/mol. The predicted molar refractivity (Wildman–Crippen MR) is 97.2 cm³/mol. The maximum atomic E-state index is 3.68. The zero-order valence-electron chi connectivity index (χ0n) is 14.0. The molecule has 0 aliphatic rings. The highest BCUT2D eigenvalue weighted by molar-refractivity contribution is 9.10. The fourth-order valence-corrected chi connectivity index (χ4v) is 3.07. The molecule has 0 aliphatic carbocycles. The molecule has 1 N–H and O–H groups in total. The lowest BCUT2D eigenvalue weighted by Gasteiger charge is -2.26. The van der Waals surface area contributed by atoms with Gasteiger partial charge < -0.3 is 15.1 Å². The molecule has 3 nitrogen and oxygen atoms in total. The largest absolute Gasteiger partial charge is 0.372 e. The fourth-order valence-electron chi connectivity index (χ4n) is 2.56. The van der Waals surface area contributed by atoms with Gasteiger partial charge in [-0.25, -0.2) is 0 Å². The summed E-state index contributed by atoms with van der Waals surface area (Å²) in [6.45, 7) is 13.2. The molecule has 0 bridgehead atoms. The first-order valence-corrected chi connectivity index (χ1v) is 8.85. The van der Waals surface area contributed by atoms with Crippen LogP contribution in [0.2, 0.25) is 0 Å². The summed E-state index contributed by atoms with van der Waals surface area (Å²) in [7, 11) is 1.98. The summed E-state index contributed by atoms with van der Waals surface area (Å²) in [6, 6.07) is 6.69. The van der Waals surface area contributed by atoms with Gasteiger partial charge in [0, 0.05) is 29.8 Å². The number of halogens is 1. The highest BCUT2D eigenvalue weighted by atomic mass is 79.9. The fraction of sp³-hybridized carbons (Fsp3) is 0.647. The van der Waals surface area contributed by atoms with Crippen LogP contribution in [0, 0.1) is 0 Å². The summed E-state index contributed by atoms with van der Waals surface area (Å²) in [5.74, 6) is 0. The van der Waals surface area contributed by atoms with Crippen LogP contribution in [0.3, 0.4) is 0 Å². The molecule has 0 spiro atoms. The minimum Gasteiger partial charge on any atom is -0.372 e. The van der Waals surface area contributed by atoms with Gasteiger partial charge in [-0.05, 0) is 57.7 Å². The molecule has 1 aromatic carbocycles. The van der Waals surface area contributed by atoms with E-state index in [1.165, 1.54) is 28.7 Å². The molecule has 0 unspecified atom stereocenters. The molecule has 0 amide bonds. The quantitative estimate of drug-likeness (QED) is 0.689. The zero-order chi connectivity index (χ0) is 15.7. The number of rotatable bonds is 10. The van der Waals surface area contributed by atoms with Crippen molar-refractivity contribution < 1.29 is 0 Å². The molecule has 120 valence electrons. The Labute approximate surface area is 138 Å². The first kappa shape index (κ1) is 18.5. The van der Waals surface area contributed by atoms with Gasteiger partial charge in [-0.3, -0.25) is 0 Å². The van der Waals surface area contributed by atoms with Gasteiger partial charge in [0.1, 0.15) is 0 Å². The molecule has 0 atom stereocenters. The van der Waals surface area contributed by atoms with Gasteiger partial charge >= 0.3 is 0 Å². The summed E-state index contributed by atoms with van der Waals surface area (Å²) in [5, 5.41) is 3.20. The summed E-state index contributed by atoms with van der Waals surface area (Å²) in [6.07, 6.45) is 1.21. The van der Waals surface area contributed by atoms with Crippen molar-refractivity contribution in [2.24, 2.45) is 0 Å². The second-order valence-electron chi connectivity index (χ2n) is 5.27. The van der Waals surface area contributed by atoms with E-state index in [1.54, 1.807) is 0 Å². The van der Waals surface area contributed by atoms with Gasteiger partial charge in [0.25, 0.3) is 0 Å². The van der Waals surface area contributed by atoms with Gasteiger partial charge in [0.15, 0.2) is 0 Å². The van der Waals surface area contributed by atoms with Crippen LogP contribution < -0.4 is 10.2 Å². The summed E-state index contributed by atoms with van der Waals surface area (Å²) in [5.41, 5.74) is 2.62. The van der Waals surface area contributed by atoms with Gasteiger partial charge in [-0.2, -0.15) is 0 Å². The van der Waals surface area contributed by atoms with E-state index in [-0.39, 0.29) is 0 Å². The molecule has 4 heteroatoms. The molecule has 0 aliphatic heterocycles. The second kappa shape index (κ2) is 10.2. The molecule has 0 radical (unpaired) electrons. The Morgan fingerprint density at radius 2 is 1.76 bits per heavy atom.